The van der Waals surface area contributed by atoms with Crippen LogP contribution in [0.25, 0.3) is 17.3 Å². The SMILES string of the molecule is CC(C)c1nc(N(C)S(C)(=O)=O)nc(-c2ccc(F)cc2)c1/C=C/[C@@H](O)C[C@@H](O)CC(=O)OCCC(COCCCO[N+](=O)[O-])O[N+](=O)[O-]. The Bertz CT molecular complexity index is 1540. The summed E-state index contributed by atoms with van der Waals surface area (Å²) in [6.07, 6.45) is -0.646. The average Bonchev–Trinajstić information content (AvgIpc) is 3.00. The Hall–Kier alpha value is -4.53. The van der Waals surface area contributed by atoms with E-state index in [2.05, 4.69) is 19.6 Å². The van der Waals surface area contributed by atoms with E-state index < -0.39 is 56.7 Å². The monoisotopic (exact) mass is 717 g/mol. The number of aromatic nitrogens is 2. The highest BCUT2D eigenvalue weighted by molar-refractivity contribution is 7.92. The highest BCUT2D eigenvalue weighted by Crippen LogP contribution is 2.31. The van der Waals surface area contributed by atoms with Crippen molar-refractivity contribution in [2.75, 3.05) is 44.0 Å². The minimum absolute atomic E-state index is 0.000633. The molecule has 49 heavy (non-hydrogen) atoms. The van der Waals surface area contributed by atoms with Crippen LogP contribution >= 0.6 is 0 Å². The van der Waals surface area contributed by atoms with Crippen molar-refractivity contribution in [3.05, 3.63) is 67.6 Å². The molecule has 1 aromatic carbocycles. The van der Waals surface area contributed by atoms with Gasteiger partial charge in [0.15, 0.2) is 0 Å². The van der Waals surface area contributed by atoms with Crippen molar-refractivity contribution in [1.29, 1.82) is 0 Å². The number of esters is 1. The van der Waals surface area contributed by atoms with Crippen LogP contribution in [0.15, 0.2) is 30.3 Å². The standard InChI is InChI=1S/C29H40FN5O13S/c1-19(2)27-25(28(20-6-8-21(30)9-7-20)32-29(31-27)33(3)49(4,43)44)11-10-22(36)16-23(37)17-26(38)46-15-12-24(48-35(41)42)18-45-13-5-14-47-34(39)40/h6-11,19,22-24,36-37H,5,12-18H2,1-4H3/b11-10+/t22-,23-,24?/m1/s1. The van der Waals surface area contributed by atoms with Crippen LogP contribution in [0.2, 0.25) is 0 Å². The number of hydrogen-bond donors (Lipinski definition) is 2. The summed E-state index contributed by atoms with van der Waals surface area (Å²) in [4.78, 5) is 50.7. The van der Waals surface area contributed by atoms with Gasteiger partial charge in [-0.05, 0) is 36.6 Å². The quantitative estimate of drug-likeness (QED) is 0.0769. The van der Waals surface area contributed by atoms with Crippen LogP contribution in [0.5, 0.6) is 0 Å². The lowest BCUT2D eigenvalue weighted by atomic mass is 9.97. The lowest BCUT2D eigenvalue weighted by Gasteiger charge is -2.20. The Balaban J connectivity index is 2.06. The number of sulfonamides is 1. The largest absolute Gasteiger partial charge is 0.466 e. The maximum Gasteiger partial charge on any atom is 0.308 e. The van der Waals surface area contributed by atoms with E-state index in [-0.39, 0.29) is 63.3 Å². The number of aliphatic hydroxyl groups excluding tert-OH is 2. The number of ether oxygens (including phenoxy) is 2. The van der Waals surface area contributed by atoms with Crippen LogP contribution in [0.4, 0.5) is 10.3 Å². The summed E-state index contributed by atoms with van der Waals surface area (Å²) in [5, 5.41) is 40.0. The van der Waals surface area contributed by atoms with Gasteiger partial charge in [-0.3, -0.25) is 4.79 Å². The van der Waals surface area contributed by atoms with E-state index in [4.69, 9.17) is 9.47 Å². The second-order valence-corrected chi connectivity index (χ2v) is 13.0. The lowest BCUT2D eigenvalue weighted by molar-refractivity contribution is -0.769. The van der Waals surface area contributed by atoms with Gasteiger partial charge in [0.25, 0.3) is 10.2 Å². The van der Waals surface area contributed by atoms with Gasteiger partial charge in [-0.2, -0.15) is 0 Å². The molecule has 0 bridgehead atoms. The number of carbonyl (C=O) groups excluding carboxylic acids is 1. The van der Waals surface area contributed by atoms with Gasteiger partial charge in [-0.15, -0.1) is 20.2 Å². The van der Waals surface area contributed by atoms with E-state index in [1.165, 1.54) is 43.5 Å². The number of nitrogens with zero attached hydrogens (tertiary/aromatic N) is 5. The number of benzene rings is 1. The molecule has 0 saturated carbocycles. The average molecular weight is 718 g/mol. The van der Waals surface area contributed by atoms with Crippen LogP contribution in [-0.2, 0) is 34.0 Å². The van der Waals surface area contributed by atoms with Gasteiger partial charge in [-0.25, -0.2) is 27.1 Å². The minimum atomic E-state index is -3.73. The molecule has 2 aromatic rings. The minimum Gasteiger partial charge on any atom is -0.466 e. The summed E-state index contributed by atoms with van der Waals surface area (Å²) >= 11 is 0. The molecule has 0 aliphatic rings. The fourth-order valence-corrected chi connectivity index (χ4v) is 4.58. The highest BCUT2D eigenvalue weighted by atomic mass is 32.2. The first-order chi connectivity index (χ1) is 23.0. The molecule has 1 aromatic heterocycles. The molecular formula is C29H40FN5O13S. The molecule has 0 fully saturated rings. The summed E-state index contributed by atoms with van der Waals surface area (Å²) in [6, 6.07) is 5.36. The third-order valence-corrected chi connectivity index (χ3v) is 7.84. The van der Waals surface area contributed by atoms with Gasteiger partial charge in [-0.1, -0.05) is 26.0 Å². The molecular weight excluding hydrogens is 677 g/mol. The first kappa shape index (κ1) is 40.6. The van der Waals surface area contributed by atoms with Crippen molar-refractivity contribution >= 4 is 28.0 Å². The maximum absolute atomic E-state index is 13.7. The van der Waals surface area contributed by atoms with Crippen molar-refractivity contribution in [3.63, 3.8) is 0 Å². The van der Waals surface area contributed by atoms with Crippen LogP contribution < -0.4 is 4.31 Å². The summed E-state index contributed by atoms with van der Waals surface area (Å²) in [5.74, 6) is -1.70. The third-order valence-electron chi connectivity index (χ3n) is 6.68. The lowest BCUT2D eigenvalue weighted by Crippen LogP contribution is -2.27. The number of carbonyl (C=O) groups is 1. The Labute approximate surface area is 281 Å². The maximum atomic E-state index is 13.7. The van der Waals surface area contributed by atoms with Crippen molar-refractivity contribution in [3.8, 4) is 11.3 Å². The van der Waals surface area contributed by atoms with Crippen molar-refractivity contribution in [2.45, 2.75) is 63.8 Å². The van der Waals surface area contributed by atoms with E-state index in [1.54, 1.807) is 0 Å². The van der Waals surface area contributed by atoms with E-state index in [0.29, 0.717) is 16.8 Å². The van der Waals surface area contributed by atoms with Crippen LogP contribution in [0.3, 0.4) is 0 Å². The number of aliphatic hydroxyl groups is 2. The highest BCUT2D eigenvalue weighted by Gasteiger charge is 2.23. The van der Waals surface area contributed by atoms with Gasteiger partial charge >= 0.3 is 5.97 Å². The van der Waals surface area contributed by atoms with Gasteiger partial charge in [0, 0.05) is 37.6 Å². The molecule has 0 aliphatic carbocycles. The summed E-state index contributed by atoms with van der Waals surface area (Å²) in [7, 11) is -2.43. The molecule has 0 radical (unpaired) electrons. The van der Waals surface area contributed by atoms with E-state index in [0.717, 1.165) is 10.6 Å². The van der Waals surface area contributed by atoms with Crippen molar-refractivity contribution < 1.29 is 57.1 Å². The molecule has 0 aliphatic heterocycles. The molecule has 2 N–H and O–H groups in total. The van der Waals surface area contributed by atoms with Gasteiger partial charge in [0.05, 0.1) is 56.1 Å². The number of anilines is 1. The molecule has 2 rings (SSSR count). The number of hydrogen-bond acceptors (Lipinski definition) is 15. The fraction of sp³-hybridized carbons (Fsp3) is 0.552. The summed E-state index contributed by atoms with van der Waals surface area (Å²) in [6.45, 7) is 2.85. The summed E-state index contributed by atoms with van der Waals surface area (Å²) < 4.78 is 49.3. The molecule has 1 heterocycles. The third kappa shape index (κ3) is 14.6. The number of rotatable bonds is 22. The zero-order valence-corrected chi connectivity index (χ0v) is 28.2. The Morgan fingerprint density at radius 2 is 1.76 bits per heavy atom. The molecule has 20 heteroatoms. The molecule has 0 amide bonds. The molecule has 3 atom stereocenters. The van der Waals surface area contributed by atoms with Crippen LogP contribution in [0.1, 0.15) is 56.7 Å². The predicted octanol–water partition coefficient (Wildman–Crippen LogP) is 2.44. The molecule has 18 nitrogen and oxygen atoms in total. The van der Waals surface area contributed by atoms with Gasteiger partial charge in [0.2, 0.25) is 16.0 Å². The molecule has 1 unspecified atom stereocenters. The fourth-order valence-electron chi connectivity index (χ4n) is 4.20. The Kier molecular flexibility index (Phi) is 16.1. The normalized spacial score (nSPS) is 13.6. The molecule has 0 spiro atoms. The molecule has 0 saturated heterocycles. The van der Waals surface area contributed by atoms with Gasteiger partial charge in [0.1, 0.15) is 11.9 Å². The topological polar surface area (TPSA) is 244 Å². The first-order valence-electron chi connectivity index (χ1n) is 15.0. The van der Waals surface area contributed by atoms with Crippen molar-refractivity contribution in [1.82, 2.24) is 9.97 Å². The van der Waals surface area contributed by atoms with Crippen LogP contribution in [0, 0.1) is 26.0 Å². The van der Waals surface area contributed by atoms with Gasteiger partial charge < -0.3 is 29.4 Å². The second kappa shape index (κ2) is 19.5. The number of halogens is 1. The Morgan fingerprint density at radius 3 is 2.35 bits per heavy atom. The summed E-state index contributed by atoms with van der Waals surface area (Å²) in [5.41, 5.74) is 1.57. The molecule has 272 valence electrons. The second-order valence-electron chi connectivity index (χ2n) is 11.0. The zero-order chi connectivity index (χ0) is 36.7. The zero-order valence-electron chi connectivity index (χ0n) is 27.3. The predicted molar refractivity (Wildman–Crippen MR) is 171 cm³/mol. The Morgan fingerprint density at radius 1 is 1.08 bits per heavy atom. The van der Waals surface area contributed by atoms with E-state index in [9.17, 15) is 48.0 Å². The smallest absolute Gasteiger partial charge is 0.308 e. The van der Waals surface area contributed by atoms with Crippen LogP contribution in [-0.4, -0.2) is 103 Å². The van der Waals surface area contributed by atoms with Crippen molar-refractivity contribution in [2.24, 2.45) is 0 Å². The van der Waals surface area contributed by atoms with E-state index >= 15 is 0 Å². The van der Waals surface area contributed by atoms with E-state index in [1.807, 2.05) is 13.8 Å². The first-order valence-corrected chi connectivity index (χ1v) is 16.8.